The second kappa shape index (κ2) is 5.36. The van der Waals surface area contributed by atoms with E-state index in [0.717, 1.165) is 11.9 Å². The van der Waals surface area contributed by atoms with Crippen molar-refractivity contribution in [3.05, 3.63) is 18.0 Å². The molecule has 1 rings (SSSR count). The van der Waals surface area contributed by atoms with E-state index in [4.69, 9.17) is 0 Å². The summed E-state index contributed by atoms with van der Waals surface area (Å²) < 4.78 is 2.02. The standard InChI is InChI=1S/C9H15BrN2/c1-9-7-11-12(8-9)6-4-2-3-5-10/h7-8H,2-6H2,1H3. The van der Waals surface area contributed by atoms with Crippen LogP contribution in [-0.2, 0) is 6.54 Å². The number of rotatable bonds is 5. The number of hydrogen-bond donors (Lipinski definition) is 0. The molecule has 0 spiro atoms. The average molecular weight is 231 g/mol. The highest BCUT2D eigenvalue weighted by Gasteiger charge is 1.93. The molecular formula is C9H15BrN2. The highest BCUT2D eigenvalue weighted by molar-refractivity contribution is 9.09. The molecule has 0 saturated carbocycles. The van der Waals surface area contributed by atoms with Crippen molar-refractivity contribution >= 4 is 15.9 Å². The van der Waals surface area contributed by atoms with Gasteiger partial charge in [0.05, 0.1) is 6.20 Å². The van der Waals surface area contributed by atoms with Crippen molar-refractivity contribution in [3.8, 4) is 0 Å². The number of aryl methyl sites for hydroxylation is 2. The largest absolute Gasteiger partial charge is 0.272 e. The van der Waals surface area contributed by atoms with Crippen LogP contribution in [0.15, 0.2) is 12.4 Å². The van der Waals surface area contributed by atoms with Crippen molar-refractivity contribution in [2.45, 2.75) is 32.7 Å². The summed E-state index contributed by atoms with van der Waals surface area (Å²) in [6.45, 7) is 3.13. The van der Waals surface area contributed by atoms with Gasteiger partial charge < -0.3 is 0 Å². The lowest BCUT2D eigenvalue weighted by molar-refractivity contribution is 0.555. The van der Waals surface area contributed by atoms with Gasteiger partial charge in [-0.3, -0.25) is 4.68 Å². The van der Waals surface area contributed by atoms with Gasteiger partial charge in [0.15, 0.2) is 0 Å². The van der Waals surface area contributed by atoms with Gasteiger partial charge in [0.2, 0.25) is 0 Å². The second-order valence-electron chi connectivity index (χ2n) is 3.03. The van der Waals surface area contributed by atoms with Crippen LogP contribution >= 0.6 is 15.9 Å². The van der Waals surface area contributed by atoms with E-state index in [1.54, 1.807) is 0 Å². The van der Waals surface area contributed by atoms with Crippen molar-refractivity contribution in [1.82, 2.24) is 9.78 Å². The monoisotopic (exact) mass is 230 g/mol. The van der Waals surface area contributed by atoms with Gasteiger partial charge in [-0.05, 0) is 25.3 Å². The van der Waals surface area contributed by atoms with Gasteiger partial charge in [0, 0.05) is 18.1 Å². The molecule has 0 aliphatic carbocycles. The molecule has 0 unspecified atom stereocenters. The van der Waals surface area contributed by atoms with Crippen LogP contribution < -0.4 is 0 Å². The SMILES string of the molecule is Cc1cnn(CCCCCBr)c1. The highest BCUT2D eigenvalue weighted by Crippen LogP contribution is 2.01. The fourth-order valence-corrected chi connectivity index (χ4v) is 1.53. The lowest BCUT2D eigenvalue weighted by atomic mass is 10.2. The molecule has 12 heavy (non-hydrogen) atoms. The van der Waals surface area contributed by atoms with E-state index in [2.05, 4.69) is 34.1 Å². The molecule has 0 radical (unpaired) electrons. The molecule has 0 fully saturated rings. The molecule has 68 valence electrons. The van der Waals surface area contributed by atoms with Gasteiger partial charge in [0.25, 0.3) is 0 Å². The lowest BCUT2D eigenvalue weighted by Gasteiger charge is -1.99. The number of halogens is 1. The summed E-state index contributed by atoms with van der Waals surface area (Å²) in [5, 5.41) is 5.33. The minimum atomic E-state index is 1.06. The molecule has 1 aromatic rings. The van der Waals surface area contributed by atoms with Crippen LogP contribution in [0, 0.1) is 6.92 Å². The zero-order valence-corrected chi connectivity index (χ0v) is 9.05. The van der Waals surface area contributed by atoms with Gasteiger partial charge in [-0.25, -0.2) is 0 Å². The van der Waals surface area contributed by atoms with E-state index in [-0.39, 0.29) is 0 Å². The van der Waals surface area contributed by atoms with Crippen molar-refractivity contribution in [1.29, 1.82) is 0 Å². The van der Waals surface area contributed by atoms with E-state index < -0.39 is 0 Å². The Bertz CT molecular complexity index is 220. The first kappa shape index (κ1) is 9.78. The average Bonchev–Trinajstić information content (AvgIpc) is 2.45. The lowest BCUT2D eigenvalue weighted by Crippen LogP contribution is -1.97. The molecule has 3 heteroatoms. The predicted molar refractivity (Wildman–Crippen MR) is 54.6 cm³/mol. The quantitative estimate of drug-likeness (QED) is 0.562. The molecule has 0 atom stereocenters. The number of alkyl halides is 1. The van der Waals surface area contributed by atoms with Gasteiger partial charge in [-0.1, -0.05) is 22.4 Å². The van der Waals surface area contributed by atoms with Crippen LogP contribution in [0.5, 0.6) is 0 Å². The smallest absolute Gasteiger partial charge is 0.0518 e. The van der Waals surface area contributed by atoms with E-state index in [0.29, 0.717) is 0 Å². The Balaban J connectivity index is 2.15. The second-order valence-corrected chi connectivity index (χ2v) is 3.82. The van der Waals surface area contributed by atoms with E-state index in [9.17, 15) is 0 Å². The fourth-order valence-electron chi connectivity index (χ4n) is 1.13. The molecule has 0 N–H and O–H groups in total. The van der Waals surface area contributed by atoms with Crippen LogP contribution in [0.4, 0.5) is 0 Å². The zero-order chi connectivity index (χ0) is 8.81. The number of nitrogens with zero attached hydrogens (tertiary/aromatic N) is 2. The molecule has 0 aromatic carbocycles. The molecule has 0 saturated heterocycles. The van der Waals surface area contributed by atoms with Gasteiger partial charge in [0.1, 0.15) is 0 Å². The van der Waals surface area contributed by atoms with Crippen LogP contribution in [0.3, 0.4) is 0 Å². The molecule has 0 amide bonds. The minimum Gasteiger partial charge on any atom is -0.272 e. The summed E-state index contributed by atoms with van der Waals surface area (Å²) >= 11 is 3.42. The van der Waals surface area contributed by atoms with Crippen LogP contribution in [-0.4, -0.2) is 15.1 Å². The Labute approximate surface area is 82.1 Å². The van der Waals surface area contributed by atoms with Crippen LogP contribution in [0.25, 0.3) is 0 Å². The van der Waals surface area contributed by atoms with Crippen molar-refractivity contribution in [2.24, 2.45) is 0 Å². The zero-order valence-electron chi connectivity index (χ0n) is 7.46. The summed E-state index contributed by atoms with van der Waals surface area (Å²) in [5.74, 6) is 0. The third kappa shape index (κ3) is 3.39. The Morgan fingerprint density at radius 2 is 2.25 bits per heavy atom. The van der Waals surface area contributed by atoms with Crippen molar-refractivity contribution in [2.75, 3.05) is 5.33 Å². The Morgan fingerprint density at radius 1 is 1.42 bits per heavy atom. The Morgan fingerprint density at radius 3 is 2.83 bits per heavy atom. The molecule has 0 aliphatic heterocycles. The third-order valence-corrected chi connectivity index (χ3v) is 2.34. The summed E-state index contributed by atoms with van der Waals surface area (Å²) in [4.78, 5) is 0. The summed E-state index contributed by atoms with van der Waals surface area (Å²) in [5.41, 5.74) is 1.25. The summed E-state index contributed by atoms with van der Waals surface area (Å²) in [6.07, 6.45) is 7.77. The first-order valence-electron chi connectivity index (χ1n) is 4.38. The molecule has 1 aromatic heterocycles. The minimum absolute atomic E-state index is 1.06. The number of aromatic nitrogens is 2. The summed E-state index contributed by atoms with van der Waals surface area (Å²) in [7, 11) is 0. The van der Waals surface area contributed by atoms with Crippen molar-refractivity contribution in [3.63, 3.8) is 0 Å². The first-order chi connectivity index (χ1) is 5.83. The maximum Gasteiger partial charge on any atom is 0.0518 e. The van der Waals surface area contributed by atoms with E-state index in [1.165, 1.54) is 24.8 Å². The van der Waals surface area contributed by atoms with Crippen molar-refractivity contribution < 1.29 is 0 Å². The van der Waals surface area contributed by atoms with E-state index in [1.807, 2.05) is 10.9 Å². The molecule has 0 bridgehead atoms. The Hall–Kier alpha value is -0.310. The van der Waals surface area contributed by atoms with Gasteiger partial charge in [-0.15, -0.1) is 0 Å². The Kier molecular flexibility index (Phi) is 4.36. The van der Waals surface area contributed by atoms with Crippen LogP contribution in [0.1, 0.15) is 24.8 Å². The molecule has 1 heterocycles. The third-order valence-electron chi connectivity index (χ3n) is 1.78. The van der Waals surface area contributed by atoms with E-state index >= 15 is 0 Å². The molecule has 2 nitrogen and oxygen atoms in total. The predicted octanol–water partition coefficient (Wildman–Crippen LogP) is 2.76. The fraction of sp³-hybridized carbons (Fsp3) is 0.667. The highest BCUT2D eigenvalue weighted by atomic mass is 79.9. The van der Waals surface area contributed by atoms with Gasteiger partial charge >= 0.3 is 0 Å². The number of hydrogen-bond acceptors (Lipinski definition) is 1. The van der Waals surface area contributed by atoms with Crippen LogP contribution in [0.2, 0.25) is 0 Å². The maximum absolute atomic E-state index is 4.22. The normalized spacial score (nSPS) is 10.5. The first-order valence-corrected chi connectivity index (χ1v) is 5.50. The maximum atomic E-state index is 4.22. The molecule has 0 aliphatic rings. The van der Waals surface area contributed by atoms with Gasteiger partial charge in [-0.2, -0.15) is 5.10 Å². The number of unbranched alkanes of at least 4 members (excludes halogenated alkanes) is 2. The summed E-state index contributed by atoms with van der Waals surface area (Å²) in [6, 6.07) is 0. The topological polar surface area (TPSA) is 17.8 Å². The molecular weight excluding hydrogens is 216 g/mol.